The Bertz CT molecular complexity index is 654. The van der Waals surface area contributed by atoms with E-state index in [0.717, 1.165) is 62.1 Å². The predicted octanol–water partition coefficient (Wildman–Crippen LogP) is 1.93. The SMILES string of the molecule is O=C[C@H]1CCC2CN(c3noc4ccccc34)CCN2C1. The molecule has 2 aliphatic rings. The number of piperidine rings is 1. The molecule has 110 valence electrons. The van der Waals surface area contributed by atoms with Crippen molar-refractivity contribution in [3.63, 3.8) is 0 Å². The van der Waals surface area contributed by atoms with Crippen molar-refractivity contribution in [2.24, 2.45) is 5.92 Å². The Morgan fingerprint density at radius 2 is 2.10 bits per heavy atom. The first-order valence-corrected chi connectivity index (χ1v) is 7.64. The van der Waals surface area contributed by atoms with Crippen molar-refractivity contribution in [1.82, 2.24) is 10.1 Å². The molecule has 1 aromatic carbocycles. The molecule has 4 rings (SSSR count). The number of aromatic nitrogens is 1. The van der Waals surface area contributed by atoms with E-state index in [1.54, 1.807) is 0 Å². The van der Waals surface area contributed by atoms with E-state index < -0.39 is 0 Å². The van der Waals surface area contributed by atoms with Gasteiger partial charge in [0, 0.05) is 38.1 Å². The third-order valence-corrected chi connectivity index (χ3v) is 4.79. The topological polar surface area (TPSA) is 49.6 Å². The van der Waals surface area contributed by atoms with Gasteiger partial charge >= 0.3 is 0 Å². The molecule has 2 saturated heterocycles. The van der Waals surface area contributed by atoms with Gasteiger partial charge in [0.05, 0.1) is 5.39 Å². The third kappa shape index (κ3) is 2.21. The van der Waals surface area contributed by atoms with Gasteiger partial charge in [0.2, 0.25) is 0 Å². The average Bonchev–Trinajstić information content (AvgIpc) is 2.98. The molecule has 0 radical (unpaired) electrons. The molecule has 3 heterocycles. The fourth-order valence-electron chi connectivity index (χ4n) is 3.61. The van der Waals surface area contributed by atoms with Crippen LogP contribution in [0.5, 0.6) is 0 Å². The highest BCUT2D eigenvalue weighted by Gasteiger charge is 2.33. The number of rotatable bonds is 2. The Hall–Kier alpha value is -1.88. The second-order valence-corrected chi connectivity index (χ2v) is 6.07. The van der Waals surface area contributed by atoms with E-state index in [0.29, 0.717) is 6.04 Å². The highest BCUT2D eigenvalue weighted by atomic mass is 16.5. The number of para-hydroxylation sites is 1. The first-order valence-electron chi connectivity index (χ1n) is 7.64. The maximum atomic E-state index is 11.0. The van der Waals surface area contributed by atoms with Crippen molar-refractivity contribution in [2.75, 3.05) is 31.1 Å². The van der Waals surface area contributed by atoms with E-state index in [-0.39, 0.29) is 5.92 Å². The van der Waals surface area contributed by atoms with Crippen LogP contribution in [0.25, 0.3) is 11.0 Å². The maximum absolute atomic E-state index is 11.0. The molecular formula is C16H19N3O2. The molecule has 0 aliphatic carbocycles. The molecular weight excluding hydrogens is 266 g/mol. The van der Waals surface area contributed by atoms with Crippen LogP contribution in [0.3, 0.4) is 0 Å². The number of carbonyl (C=O) groups is 1. The van der Waals surface area contributed by atoms with E-state index in [4.69, 9.17) is 4.52 Å². The molecule has 2 aromatic rings. The van der Waals surface area contributed by atoms with Crippen molar-refractivity contribution in [1.29, 1.82) is 0 Å². The fourth-order valence-corrected chi connectivity index (χ4v) is 3.61. The summed E-state index contributed by atoms with van der Waals surface area (Å²) in [5.41, 5.74) is 0.847. The summed E-state index contributed by atoms with van der Waals surface area (Å²) >= 11 is 0. The van der Waals surface area contributed by atoms with Gasteiger partial charge in [0.15, 0.2) is 11.4 Å². The minimum Gasteiger partial charge on any atom is -0.354 e. The lowest BCUT2D eigenvalue weighted by atomic mass is 9.92. The minimum atomic E-state index is 0.223. The zero-order chi connectivity index (χ0) is 14.2. The van der Waals surface area contributed by atoms with Gasteiger partial charge in [-0.2, -0.15) is 0 Å². The van der Waals surface area contributed by atoms with E-state index in [1.807, 2.05) is 18.2 Å². The second kappa shape index (κ2) is 5.15. The van der Waals surface area contributed by atoms with Crippen molar-refractivity contribution < 1.29 is 9.32 Å². The number of nitrogens with zero attached hydrogens (tertiary/aromatic N) is 3. The highest BCUT2D eigenvalue weighted by molar-refractivity contribution is 5.88. The molecule has 5 nitrogen and oxygen atoms in total. The van der Waals surface area contributed by atoms with Crippen LogP contribution in [0.4, 0.5) is 5.82 Å². The van der Waals surface area contributed by atoms with Gasteiger partial charge in [-0.15, -0.1) is 0 Å². The Morgan fingerprint density at radius 1 is 1.19 bits per heavy atom. The van der Waals surface area contributed by atoms with Crippen LogP contribution < -0.4 is 4.90 Å². The molecule has 0 amide bonds. The highest BCUT2D eigenvalue weighted by Crippen LogP contribution is 2.30. The van der Waals surface area contributed by atoms with Gasteiger partial charge < -0.3 is 14.2 Å². The molecule has 5 heteroatoms. The Labute approximate surface area is 123 Å². The summed E-state index contributed by atoms with van der Waals surface area (Å²) in [6.07, 6.45) is 3.22. The lowest BCUT2D eigenvalue weighted by molar-refractivity contribution is -0.113. The molecule has 1 aromatic heterocycles. The standard InChI is InChI=1S/C16H19N3O2/c20-11-12-5-6-13-10-19(8-7-18(13)9-12)16-14-3-1-2-4-15(14)21-17-16/h1-4,11-13H,5-10H2/t12-,13?/m0/s1. The lowest BCUT2D eigenvalue weighted by Crippen LogP contribution is -2.56. The van der Waals surface area contributed by atoms with Crippen LogP contribution in [0, 0.1) is 5.92 Å². The largest absolute Gasteiger partial charge is 0.354 e. The molecule has 0 spiro atoms. The van der Waals surface area contributed by atoms with Gasteiger partial charge in [-0.3, -0.25) is 4.90 Å². The van der Waals surface area contributed by atoms with Crippen LogP contribution >= 0.6 is 0 Å². The predicted molar refractivity (Wildman–Crippen MR) is 80.4 cm³/mol. The Kier molecular flexibility index (Phi) is 3.15. The van der Waals surface area contributed by atoms with Crippen LogP contribution in [-0.4, -0.2) is 48.6 Å². The summed E-state index contributed by atoms with van der Waals surface area (Å²) in [5, 5.41) is 5.35. The zero-order valence-electron chi connectivity index (χ0n) is 11.9. The molecule has 0 bridgehead atoms. The number of aldehydes is 1. The van der Waals surface area contributed by atoms with E-state index >= 15 is 0 Å². The van der Waals surface area contributed by atoms with E-state index in [2.05, 4.69) is 21.0 Å². The third-order valence-electron chi connectivity index (χ3n) is 4.79. The van der Waals surface area contributed by atoms with Gasteiger partial charge in [-0.25, -0.2) is 0 Å². The first-order chi connectivity index (χ1) is 10.3. The molecule has 1 unspecified atom stereocenters. The van der Waals surface area contributed by atoms with Gasteiger partial charge in [0.25, 0.3) is 0 Å². The zero-order valence-corrected chi connectivity index (χ0v) is 11.9. The number of benzene rings is 1. The molecule has 2 fully saturated rings. The van der Waals surface area contributed by atoms with Crippen LogP contribution in [0.2, 0.25) is 0 Å². The van der Waals surface area contributed by atoms with Crippen LogP contribution in [0.15, 0.2) is 28.8 Å². The summed E-state index contributed by atoms with van der Waals surface area (Å²) in [6.45, 7) is 3.83. The maximum Gasteiger partial charge on any atom is 0.180 e. The minimum absolute atomic E-state index is 0.223. The van der Waals surface area contributed by atoms with Crippen molar-refractivity contribution >= 4 is 23.1 Å². The van der Waals surface area contributed by atoms with Crippen molar-refractivity contribution in [2.45, 2.75) is 18.9 Å². The summed E-state index contributed by atoms with van der Waals surface area (Å²) in [5.74, 6) is 1.18. The normalized spacial score (nSPS) is 26.8. The Balaban J connectivity index is 1.55. The number of piperazine rings is 1. The second-order valence-electron chi connectivity index (χ2n) is 6.07. The van der Waals surface area contributed by atoms with Gasteiger partial charge in [-0.1, -0.05) is 17.3 Å². The van der Waals surface area contributed by atoms with E-state index in [1.165, 1.54) is 0 Å². The monoisotopic (exact) mass is 285 g/mol. The average molecular weight is 285 g/mol. The number of anilines is 1. The number of hydrogen-bond donors (Lipinski definition) is 0. The lowest BCUT2D eigenvalue weighted by Gasteiger charge is -2.45. The van der Waals surface area contributed by atoms with Gasteiger partial charge in [-0.05, 0) is 25.0 Å². The Morgan fingerprint density at radius 3 is 3.00 bits per heavy atom. The number of hydrogen-bond acceptors (Lipinski definition) is 5. The summed E-state index contributed by atoms with van der Waals surface area (Å²) in [6, 6.07) is 8.55. The smallest absolute Gasteiger partial charge is 0.180 e. The van der Waals surface area contributed by atoms with Crippen molar-refractivity contribution in [3.8, 4) is 0 Å². The van der Waals surface area contributed by atoms with Crippen LogP contribution in [0.1, 0.15) is 12.8 Å². The summed E-state index contributed by atoms with van der Waals surface area (Å²) in [4.78, 5) is 15.8. The quantitative estimate of drug-likeness (QED) is 0.789. The fraction of sp³-hybridized carbons (Fsp3) is 0.500. The molecule has 21 heavy (non-hydrogen) atoms. The number of carbonyl (C=O) groups excluding carboxylic acids is 1. The molecule has 0 N–H and O–H groups in total. The number of fused-ring (bicyclic) bond motifs is 2. The van der Waals surface area contributed by atoms with Gasteiger partial charge in [0.1, 0.15) is 6.29 Å². The first kappa shape index (κ1) is 12.8. The summed E-state index contributed by atoms with van der Waals surface area (Å²) in [7, 11) is 0. The molecule has 2 atom stereocenters. The summed E-state index contributed by atoms with van der Waals surface area (Å²) < 4.78 is 5.42. The molecule has 2 aliphatic heterocycles. The molecule has 0 saturated carbocycles. The van der Waals surface area contributed by atoms with E-state index in [9.17, 15) is 4.79 Å². The van der Waals surface area contributed by atoms with Crippen LogP contribution in [-0.2, 0) is 4.79 Å². The van der Waals surface area contributed by atoms with Crippen molar-refractivity contribution in [3.05, 3.63) is 24.3 Å².